The Bertz CT molecular complexity index is 261. The first-order valence-corrected chi connectivity index (χ1v) is 7.80. The highest BCUT2D eigenvalue weighted by Gasteiger charge is 1.89. The van der Waals surface area contributed by atoms with E-state index >= 15 is 0 Å². The summed E-state index contributed by atoms with van der Waals surface area (Å²) in [5.74, 6) is 0. The molecule has 0 unspecified atom stereocenters. The van der Waals surface area contributed by atoms with Crippen molar-refractivity contribution in [3.63, 3.8) is 0 Å². The van der Waals surface area contributed by atoms with Gasteiger partial charge in [-0.05, 0) is 38.5 Å². The van der Waals surface area contributed by atoms with Crippen LogP contribution in [0.1, 0.15) is 71.1 Å². The maximum Gasteiger partial charge on any atom is 0.119 e. The quantitative estimate of drug-likeness (QED) is 0.234. The predicted octanol–water partition coefficient (Wildman–Crippen LogP) is 5.77. The van der Waals surface area contributed by atoms with Crippen molar-refractivity contribution < 1.29 is 4.79 Å². The molecule has 0 fully saturated rings. The van der Waals surface area contributed by atoms with Crippen LogP contribution in [0.2, 0.25) is 0 Å². The minimum atomic E-state index is 0.736. The monoisotopic (exact) mass is 262 g/mol. The average molecular weight is 262 g/mol. The summed E-state index contributed by atoms with van der Waals surface area (Å²) < 4.78 is 0. The second kappa shape index (κ2) is 16.9. The van der Waals surface area contributed by atoms with Gasteiger partial charge in [0.25, 0.3) is 0 Å². The molecule has 1 heteroatoms. The molecule has 0 aromatic heterocycles. The van der Waals surface area contributed by atoms with E-state index in [0.717, 1.165) is 38.4 Å². The van der Waals surface area contributed by atoms with Crippen molar-refractivity contribution >= 4 is 6.29 Å². The van der Waals surface area contributed by atoms with Crippen molar-refractivity contribution in [3.8, 4) is 0 Å². The van der Waals surface area contributed by atoms with Gasteiger partial charge in [0.15, 0.2) is 0 Å². The summed E-state index contributed by atoms with van der Waals surface area (Å²) in [7, 11) is 0. The minimum Gasteiger partial charge on any atom is -0.303 e. The molecule has 19 heavy (non-hydrogen) atoms. The third-order valence-corrected chi connectivity index (χ3v) is 2.97. The summed E-state index contributed by atoms with van der Waals surface area (Å²) in [6.45, 7) is 2.16. The number of hydrogen-bond acceptors (Lipinski definition) is 1. The minimum absolute atomic E-state index is 0.736. The van der Waals surface area contributed by atoms with E-state index in [9.17, 15) is 4.79 Å². The molecule has 0 aromatic rings. The third-order valence-electron chi connectivity index (χ3n) is 2.97. The van der Waals surface area contributed by atoms with E-state index in [2.05, 4.69) is 43.4 Å². The second-order valence-corrected chi connectivity index (χ2v) is 4.81. The SMILES string of the molecule is CC/C=C\C/C=C/C/C=C\CCCCCCCC=O. The van der Waals surface area contributed by atoms with Crippen LogP contribution in [0.3, 0.4) is 0 Å². The van der Waals surface area contributed by atoms with Gasteiger partial charge in [-0.1, -0.05) is 62.6 Å². The maximum absolute atomic E-state index is 10.1. The molecule has 0 aromatic carbocycles. The van der Waals surface area contributed by atoms with Crippen molar-refractivity contribution in [1.29, 1.82) is 0 Å². The molecule has 0 rings (SSSR count). The van der Waals surface area contributed by atoms with Crippen LogP contribution in [0.5, 0.6) is 0 Å². The average Bonchev–Trinajstić information content (AvgIpc) is 2.43. The summed E-state index contributed by atoms with van der Waals surface area (Å²) in [5, 5.41) is 0. The molecular formula is C18H30O. The van der Waals surface area contributed by atoms with Gasteiger partial charge in [0.1, 0.15) is 6.29 Å². The van der Waals surface area contributed by atoms with Crippen molar-refractivity contribution in [3.05, 3.63) is 36.5 Å². The van der Waals surface area contributed by atoms with Crippen LogP contribution in [0.15, 0.2) is 36.5 Å². The summed E-state index contributed by atoms with van der Waals surface area (Å²) in [6, 6.07) is 0. The molecule has 0 aliphatic carbocycles. The molecule has 0 saturated carbocycles. The van der Waals surface area contributed by atoms with E-state index in [1.54, 1.807) is 0 Å². The van der Waals surface area contributed by atoms with Crippen molar-refractivity contribution in [2.24, 2.45) is 0 Å². The number of allylic oxidation sites excluding steroid dienone is 6. The summed E-state index contributed by atoms with van der Waals surface area (Å²) in [5.41, 5.74) is 0. The first kappa shape index (κ1) is 17.9. The molecule has 0 atom stereocenters. The summed E-state index contributed by atoms with van der Waals surface area (Å²) in [6.07, 6.45) is 25.7. The lowest BCUT2D eigenvalue weighted by atomic mass is 10.1. The lowest BCUT2D eigenvalue weighted by molar-refractivity contribution is -0.107. The number of rotatable bonds is 13. The molecule has 0 saturated heterocycles. The smallest absolute Gasteiger partial charge is 0.119 e. The number of carbonyl (C=O) groups excluding carboxylic acids is 1. The Morgan fingerprint density at radius 3 is 1.79 bits per heavy atom. The van der Waals surface area contributed by atoms with E-state index in [1.165, 1.54) is 32.1 Å². The topological polar surface area (TPSA) is 17.1 Å². The lowest BCUT2D eigenvalue weighted by Crippen LogP contribution is -1.80. The van der Waals surface area contributed by atoms with Gasteiger partial charge in [0.2, 0.25) is 0 Å². The van der Waals surface area contributed by atoms with Crippen LogP contribution in [0.25, 0.3) is 0 Å². The lowest BCUT2D eigenvalue weighted by Gasteiger charge is -1.97. The first-order chi connectivity index (χ1) is 9.41. The van der Waals surface area contributed by atoms with Crippen LogP contribution in [0.4, 0.5) is 0 Å². The largest absolute Gasteiger partial charge is 0.303 e. The fourth-order valence-electron chi connectivity index (χ4n) is 1.85. The third kappa shape index (κ3) is 16.9. The zero-order valence-electron chi connectivity index (χ0n) is 12.5. The van der Waals surface area contributed by atoms with Crippen molar-refractivity contribution in [2.45, 2.75) is 71.1 Å². The Labute approximate surface area is 119 Å². The molecule has 0 spiro atoms. The van der Waals surface area contributed by atoms with Crippen LogP contribution < -0.4 is 0 Å². The second-order valence-electron chi connectivity index (χ2n) is 4.81. The van der Waals surface area contributed by atoms with Crippen molar-refractivity contribution in [2.75, 3.05) is 0 Å². The molecule has 0 amide bonds. The van der Waals surface area contributed by atoms with Crippen LogP contribution in [-0.4, -0.2) is 6.29 Å². The van der Waals surface area contributed by atoms with Gasteiger partial charge in [-0.3, -0.25) is 0 Å². The Morgan fingerprint density at radius 1 is 0.632 bits per heavy atom. The van der Waals surface area contributed by atoms with E-state index in [0.29, 0.717) is 0 Å². The van der Waals surface area contributed by atoms with Crippen LogP contribution in [-0.2, 0) is 4.79 Å². The van der Waals surface area contributed by atoms with E-state index in [4.69, 9.17) is 0 Å². The molecular weight excluding hydrogens is 232 g/mol. The van der Waals surface area contributed by atoms with Crippen LogP contribution in [0, 0.1) is 0 Å². The van der Waals surface area contributed by atoms with Crippen molar-refractivity contribution in [1.82, 2.24) is 0 Å². The fraction of sp³-hybridized carbons (Fsp3) is 0.611. The molecule has 0 N–H and O–H groups in total. The standard InChI is InChI=1S/C18H30O/c1-2-3-4-5-6-7-8-9-10-11-12-13-14-15-16-17-18-19/h3-4,6-7,9-10,18H,2,5,8,11-17H2,1H3/b4-3-,7-6+,10-9-. The molecule has 0 aliphatic heterocycles. The molecule has 0 heterocycles. The van der Waals surface area contributed by atoms with Crippen LogP contribution >= 0.6 is 0 Å². The molecule has 1 nitrogen and oxygen atoms in total. The zero-order chi connectivity index (χ0) is 14.0. The number of hydrogen-bond donors (Lipinski definition) is 0. The van der Waals surface area contributed by atoms with Gasteiger partial charge >= 0.3 is 0 Å². The highest BCUT2D eigenvalue weighted by molar-refractivity contribution is 5.48. The Kier molecular flexibility index (Phi) is 15.9. The van der Waals surface area contributed by atoms with Gasteiger partial charge in [-0.25, -0.2) is 0 Å². The van der Waals surface area contributed by atoms with Gasteiger partial charge in [-0.15, -0.1) is 0 Å². The normalized spacial score (nSPS) is 12.1. The highest BCUT2D eigenvalue weighted by atomic mass is 16.1. The van der Waals surface area contributed by atoms with Gasteiger partial charge in [-0.2, -0.15) is 0 Å². The maximum atomic E-state index is 10.1. The molecule has 0 bridgehead atoms. The van der Waals surface area contributed by atoms with Gasteiger partial charge in [0, 0.05) is 6.42 Å². The first-order valence-electron chi connectivity index (χ1n) is 7.80. The fourth-order valence-corrected chi connectivity index (χ4v) is 1.85. The summed E-state index contributed by atoms with van der Waals surface area (Å²) >= 11 is 0. The zero-order valence-corrected chi connectivity index (χ0v) is 12.5. The molecule has 108 valence electrons. The van der Waals surface area contributed by atoms with E-state index < -0.39 is 0 Å². The molecule has 0 aliphatic rings. The Hall–Kier alpha value is -1.11. The number of aldehydes is 1. The number of carbonyl (C=O) groups is 1. The Morgan fingerprint density at radius 2 is 1.16 bits per heavy atom. The van der Waals surface area contributed by atoms with Gasteiger partial charge in [0.05, 0.1) is 0 Å². The highest BCUT2D eigenvalue weighted by Crippen LogP contribution is 2.07. The Balaban J connectivity index is 3.21. The van der Waals surface area contributed by atoms with E-state index in [-0.39, 0.29) is 0 Å². The van der Waals surface area contributed by atoms with Gasteiger partial charge < -0.3 is 4.79 Å². The van der Waals surface area contributed by atoms with E-state index in [1.807, 2.05) is 0 Å². The number of unbranched alkanes of at least 4 members (excludes halogenated alkanes) is 6. The molecule has 0 radical (unpaired) electrons. The summed E-state index contributed by atoms with van der Waals surface area (Å²) in [4.78, 5) is 10.1. The predicted molar refractivity (Wildman–Crippen MR) is 85.3 cm³/mol.